The molecule has 1 unspecified atom stereocenters. The maximum Gasteiger partial charge on any atom is 0.184 e. The third kappa shape index (κ3) is 4.04. The largest absolute Gasteiger partial charge is 0.393 e. The van der Waals surface area contributed by atoms with Gasteiger partial charge >= 0.3 is 0 Å². The van der Waals surface area contributed by atoms with Crippen LogP contribution < -0.4 is 17.0 Å². The van der Waals surface area contributed by atoms with Gasteiger partial charge in [0, 0.05) is 0 Å². The van der Waals surface area contributed by atoms with Crippen molar-refractivity contribution < 1.29 is 4.39 Å². The van der Waals surface area contributed by atoms with Crippen LogP contribution in [0.3, 0.4) is 0 Å². The molecule has 3 nitrogen and oxygen atoms in total. The average molecular weight is 184 g/mol. The highest BCUT2D eigenvalue weighted by Gasteiger charge is 1.94. The second kappa shape index (κ2) is 3.82. The maximum atomic E-state index is 12.0. The minimum atomic E-state index is -1.38. The third-order valence-electron chi connectivity index (χ3n) is 0.465. The Morgan fingerprint density at radius 3 is 2.50 bits per heavy atom. The van der Waals surface area contributed by atoms with Crippen LogP contribution in [0.2, 0.25) is 0 Å². The highest BCUT2D eigenvalue weighted by atomic mass is 79.9. The molecule has 0 aromatic heterocycles. The minimum Gasteiger partial charge on any atom is -0.393 e. The molecule has 0 saturated heterocycles. The van der Waals surface area contributed by atoms with Gasteiger partial charge < -0.3 is 5.73 Å². The highest BCUT2D eigenvalue weighted by Crippen LogP contribution is 1.96. The van der Waals surface area contributed by atoms with Crippen LogP contribution in [-0.2, 0) is 0 Å². The Hall–Kier alpha value is -0.130. The number of halogens is 2. The Morgan fingerprint density at radius 1 is 1.88 bits per heavy atom. The summed E-state index contributed by atoms with van der Waals surface area (Å²) in [5, 5.41) is 0. The summed E-state index contributed by atoms with van der Waals surface area (Å²) in [6.45, 7) is 0. The number of nitrogens with two attached hydrogens (primary N) is 2. The summed E-state index contributed by atoms with van der Waals surface area (Å²) in [6, 6.07) is 0. The molecular formula is C3H7BrFN3. The first-order chi connectivity index (χ1) is 3.66. The van der Waals surface area contributed by atoms with E-state index in [0.29, 0.717) is 0 Å². The van der Waals surface area contributed by atoms with Crippen molar-refractivity contribution in [2.75, 3.05) is 0 Å². The van der Waals surface area contributed by atoms with Gasteiger partial charge in [0.05, 0.1) is 4.61 Å². The van der Waals surface area contributed by atoms with Gasteiger partial charge in [0.25, 0.3) is 0 Å². The summed E-state index contributed by atoms with van der Waals surface area (Å²) >= 11 is 2.82. The molecule has 0 aliphatic carbocycles. The number of nitrogens with one attached hydrogen (secondary N) is 1. The van der Waals surface area contributed by atoms with Gasteiger partial charge in [-0.2, -0.15) is 0 Å². The van der Waals surface area contributed by atoms with Crippen LogP contribution in [0.5, 0.6) is 0 Å². The number of hydrazine groups is 1. The molecule has 5 heteroatoms. The van der Waals surface area contributed by atoms with E-state index in [-0.39, 0.29) is 4.61 Å². The molecule has 0 bridgehead atoms. The Bertz CT molecular complexity index is 90.5. The molecule has 0 aliphatic heterocycles. The van der Waals surface area contributed by atoms with Gasteiger partial charge in [0.15, 0.2) is 6.30 Å². The average Bonchev–Trinajstić information content (AvgIpc) is 1.65. The lowest BCUT2D eigenvalue weighted by molar-refractivity contribution is 0.338. The molecule has 0 amide bonds. The van der Waals surface area contributed by atoms with Crippen LogP contribution in [0.15, 0.2) is 10.7 Å². The minimum absolute atomic E-state index is 0.225. The zero-order valence-electron chi connectivity index (χ0n) is 4.07. The third-order valence-corrected chi connectivity index (χ3v) is 0.729. The molecule has 1 atom stereocenters. The van der Waals surface area contributed by atoms with Crippen molar-refractivity contribution in [1.82, 2.24) is 5.43 Å². The molecule has 0 rings (SSSR count). The first kappa shape index (κ1) is 7.87. The molecule has 0 aromatic rings. The fourth-order valence-electron chi connectivity index (χ4n) is 0.188. The number of rotatable bonds is 2. The standard InChI is InChI=1S/C3H7BrFN3/c4-2(6)1-3(5)8-7/h1,3,8H,6-7H2/b2-1-. The van der Waals surface area contributed by atoms with E-state index in [0.717, 1.165) is 6.08 Å². The highest BCUT2D eigenvalue weighted by molar-refractivity contribution is 9.11. The van der Waals surface area contributed by atoms with Crippen LogP contribution in [0.25, 0.3) is 0 Å². The van der Waals surface area contributed by atoms with E-state index >= 15 is 0 Å². The molecule has 0 spiro atoms. The van der Waals surface area contributed by atoms with Gasteiger partial charge in [-0.3, -0.25) is 5.84 Å². The summed E-state index contributed by atoms with van der Waals surface area (Å²) in [4.78, 5) is 0. The van der Waals surface area contributed by atoms with Crippen molar-refractivity contribution in [3.05, 3.63) is 10.7 Å². The Morgan fingerprint density at radius 2 is 2.38 bits per heavy atom. The van der Waals surface area contributed by atoms with Gasteiger partial charge in [-0.25, -0.2) is 9.82 Å². The normalized spacial score (nSPS) is 16.1. The van der Waals surface area contributed by atoms with Crippen molar-refractivity contribution in [2.24, 2.45) is 11.6 Å². The first-order valence-corrected chi connectivity index (χ1v) is 2.69. The first-order valence-electron chi connectivity index (χ1n) is 1.90. The zero-order chi connectivity index (χ0) is 6.57. The van der Waals surface area contributed by atoms with E-state index in [2.05, 4.69) is 21.8 Å². The zero-order valence-corrected chi connectivity index (χ0v) is 5.65. The molecule has 0 saturated carbocycles. The number of hydrogen-bond acceptors (Lipinski definition) is 3. The van der Waals surface area contributed by atoms with Crippen molar-refractivity contribution in [3.8, 4) is 0 Å². The smallest absolute Gasteiger partial charge is 0.184 e. The monoisotopic (exact) mass is 183 g/mol. The van der Waals surface area contributed by atoms with Gasteiger partial charge in [-0.1, -0.05) is 0 Å². The Kier molecular flexibility index (Phi) is 3.76. The van der Waals surface area contributed by atoms with E-state index < -0.39 is 6.30 Å². The van der Waals surface area contributed by atoms with E-state index in [1.165, 1.54) is 0 Å². The fourth-order valence-corrected chi connectivity index (χ4v) is 0.420. The topological polar surface area (TPSA) is 64.1 Å². The van der Waals surface area contributed by atoms with Gasteiger partial charge in [-0.05, 0) is 22.0 Å². The molecule has 5 N–H and O–H groups in total. The SMILES string of the molecule is NNC(F)/C=C(\N)Br. The van der Waals surface area contributed by atoms with Gasteiger partial charge in [-0.15, -0.1) is 0 Å². The molecule has 8 heavy (non-hydrogen) atoms. The van der Waals surface area contributed by atoms with Crippen molar-refractivity contribution >= 4 is 15.9 Å². The van der Waals surface area contributed by atoms with Crippen LogP contribution in [-0.4, -0.2) is 6.30 Å². The van der Waals surface area contributed by atoms with Crippen LogP contribution >= 0.6 is 15.9 Å². The van der Waals surface area contributed by atoms with E-state index in [4.69, 9.17) is 5.73 Å². The predicted octanol–water partition coefficient (Wildman–Crippen LogP) is -0.0597. The molecule has 0 fully saturated rings. The second-order valence-electron chi connectivity index (χ2n) is 1.12. The molecule has 0 radical (unpaired) electrons. The van der Waals surface area contributed by atoms with Crippen molar-refractivity contribution in [2.45, 2.75) is 6.30 Å². The molecular weight excluding hydrogens is 177 g/mol. The lowest BCUT2D eigenvalue weighted by Gasteiger charge is -1.97. The van der Waals surface area contributed by atoms with Crippen molar-refractivity contribution in [1.29, 1.82) is 0 Å². The summed E-state index contributed by atoms with van der Waals surface area (Å²) in [6.07, 6.45) is -0.283. The quantitative estimate of drug-likeness (QED) is 0.320. The summed E-state index contributed by atoms with van der Waals surface area (Å²) in [5.41, 5.74) is 6.85. The maximum absolute atomic E-state index is 12.0. The van der Waals surface area contributed by atoms with Crippen molar-refractivity contribution in [3.63, 3.8) is 0 Å². The van der Waals surface area contributed by atoms with Crippen LogP contribution in [0.1, 0.15) is 0 Å². The number of hydrogen-bond donors (Lipinski definition) is 3. The summed E-state index contributed by atoms with van der Waals surface area (Å²) < 4.78 is 12.2. The lowest BCUT2D eigenvalue weighted by Crippen LogP contribution is -2.30. The predicted molar refractivity (Wildman–Crippen MR) is 33.4 cm³/mol. The molecule has 0 heterocycles. The molecule has 0 aromatic carbocycles. The molecule has 48 valence electrons. The summed E-state index contributed by atoms with van der Waals surface area (Å²) in [5.74, 6) is 4.67. The lowest BCUT2D eigenvalue weighted by atomic mass is 10.6. The van der Waals surface area contributed by atoms with Gasteiger partial charge in [0.2, 0.25) is 0 Å². The summed E-state index contributed by atoms with van der Waals surface area (Å²) in [7, 11) is 0. The Balaban J connectivity index is 3.51. The fraction of sp³-hybridized carbons (Fsp3) is 0.333. The van der Waals surface area contributed by atoms with E-state index in [1.54, 1.807) is 0 Å². The second-order valence-corrected chi connectivity index (χ2v) is 2.04. The van der Waals surface area contributed by atoms with Gasteiger partial charge in [0.1, 0.15) is 0 Å². The van der Waals surface area contributed by atoms with Crippen LogP contribution in [0.4, 0.5) is 4.39 Å². The Labute approximate surface area is 55.0 Å². The van der Waals surface area contributed by atoms with E-state index in [9.17, 15) is 4.39 Å². The number of alkyl halides is 1. The molecule has 0 aliphatic rings. The van der Waals surface area contributed by atoms with Crippen LogP contribution in [0, 0.1) is 0 Å². The van der Waals surface area contributed by atoms with E-state index in [1.807, 2.05) is 5.43 Å².